The summed E-state index contributed by atoms with van der Waals surface area (Å²) in [5.41, 5.74) is 2.44. The van der Waals surface area contributed by atoms with Gasteiger partial charge in [0, 0.05) is 6.54 Å². The van der Waals surface area contributed by atoms with E-state index < -0.39 is 0 Å². The molecule has 0 saturated heterocycles. The fraction of sp³-hybridized carbons (Fsp3) is 0.421. The van der Waals surface area contributed by atoms with E-state index in [1.54, 1.807) is 11.0 Å². The molecule has 1 aliphatic carbocycles. The van der Waals surface area contributed by atoms with Crippen LogP contribution in [0.4, 0.5) is 0 Å². The Morgan fingerprint density at radius 1 is 1.32 bits per heavy atom. The summed E-state index contributed by atoms with van der Waals surface area (Å²) in [7, 11) is 0. The molecule has 0 saturated carbocycles. The fourth-order valence-electron chi connectivity index (χ4n) is 2.84. The first kappa shape index (κ1) is 17.7. The SMILES string of the molecule is C[C@H](Sc1ncn(-c2ccccc2)n1)C(=O)NCCC1=CCCCC1. The van der Waals surface area contributed by atoms with E-state index in [-0.39, 0.29) is 11.2 Å². The first-order valence-electron chi connectivity index (χ1n) is 8.82. The van der Waals surface area contributed by atoms with Crippen LogP contribution in [-0.2, 0) is 4.79 Å². The molecular formula is C19H24N4OS. The quantitative estimate of drug-likeness (QED) is 0.606. The zero-order chi connectivity index (χ0) is 17.5. The topological polar surface area (TPSA) is 59.8 Å². The number of hydrogen-bond acceptors (Lipinski definition) is 4. The van der Waals surface area contributed by atoms with Crippen molar-refractivity contribution in [1.82, 2.24) is 20.1 Å². The Bertz CT molecular complexity index is 726. The molecule has 25 heavy (non-hydrogen) atoms. The highest BCUT2D eigenvalue weighted by Crippen LogP contribution is 2.21. The summed E-state index contributed by atoms with van der Waals surface area (Å²) in [5, 5.41) is 7.86. The zero-order valence-electron chi connectivity index (χ0n) is 14.5. The molecule has 6 heteroatoms. The maximum Gasteiger partial charge on any atom is 0.233 e. The predicted octanol–water partition coefficient (Wildman–Crippen LogP) is 3.75. The van der Waals surface area contributed by atoms with E-state index in [9.17, 15) is 4.79 Å². The highest BCUT2D eigenvalue weighted by atomic mass is 32.2. The van der Waals surface area contributed by atoms with E-state index in [4.69, 9.17) is 0 Å². The Labute approximate surface area is 152 Å². The molecule has 0 radical (unpaired) electrons. The van der Waals surface area contributed by atoms with Gasteiger partial charge in [0.2, 0.25) is 11.1 Å². The molecule has 1 N–H and O–H groups in total. The minimum atomic E-state index is -0.216. The van der Waals surface area contributed by atoms with Crippen LogP contribution >= 0.6 is 11.8 Å². The number of para-hydroxylation sites is 1. The van der Waals surface area contributed by atoms with E-state index >= 15 is 0 Å². The molecule has 1 heterocycles. The van der Waals surface area contributed by atoms with E-state index in [0.717, 1.165) is 12.1 Å². The van der Waals surface area contributed by atoms with Crippen LogP contribution in [0.2, 0.25) is 0 Å². The molecule has 2 aromatic rings. The molecule has 1 amide bonds. The van der Waals surface area contributed by atoms with E-state index in [1.807, 2.05) is 37.3 Å². The fourth-order valence-corrected chi connectivity index (χ4v) is 3.59. The monoisotopic (exact) mass is 356 g/mol. The normalized spacial score (nSPS) is 15.5. The second-order valence-corrected chi connectivity index (χ2v) is 7.52. The first-order valence-corrected chi connectivity index (χ1v) is 9.70. The molecular weight excluding hydrogens is 332 g/mol. The summed E-state index contributed by atoms with van der Waals surface area (Å²) in [6.07, 6.45) is 9.91. The van der Waals surface area contributed by atoms with Crippen molar-refractivity contribution < 1.29 is 4.79 Å². The van der Waals surface area contributed by atoms with Crippen LogP contribution in [0.3, 0.4) is 0 Å². The van der Waals surface area contributed by atoms with E-state index in [2.05, 4.69) is 21.5 Å². The third-order valence-electron chi connectivity index (χ3n) is 4.27. The van der Waals surface area contributed by atoms with Crippen molar-refractivity contribution in [3.05, 3.63) is 48.3 Å². The summed E-state index contributed by atoms with van der Waals surface area (Å²) in [5.74, 6) is 0.0393. The number of allylic oxidation sites excluding steroid dienone is 1. The van der Waals surface area contributed by atoms with Gasteiger partial charge in [-0.15, -0.1) is 5.10 Å². The minimum Gasteiger partial charge on any atom is -0.355 e. The molecule has 3 rings (SSSR count). The number of nitrogens with zero attached hydrogens (tertiary/aromatic N) is 3. The molecule has 0 unspecified atom stereocenters. The molecule has 5 nitrogen and oxygen atoms in total. The number of aromatic nitrogens is 3. The van der Waals surface area contributed by atoms with Crippen LogP contribution < -0.4 is 5.32 Å². The average molecular weight is 356 g/mol. The van der Waals surface area contributed by atoms with Gasteiger partial charge in [0.1, 0.15) is 6.33 Å². The maximum atomic E-state index is 12.3. The standard InChI is InChI=1S/C19H24N4OS/c1-15(18(24)20-13-12-16-8-4-2-5-9-16)25-19-21-14-23(22-19)17-10-6-3-7-11-17/h3,6-8,10-11,14-15H,2,4-5,9,12-13H2,1H3,(H,20,24)/t15-/m0/s1. The van der Waals surface area contributed by atoms with Crippen molar-refractivity contribution in [2.24, 2.45) is 0 Å². The largest absolute Gasteiger partial charge is 0.355 e. The van der Waals surface area contributed by atoms with Gasteiger partial charge in [-0.05, 0) is 51.2 Å². The number of carbonyl (C=O) groups is 1. The van der Waals surface area contributed by atoms with Gasteiger partial charge in [0.05, 0.1) is 10.9 Å². The molecule has 1 aromatic carbocycles. The predicted molar refractivity (Wildman–Crippen MR) is 101 cm³/mol. The summed E-state index contributed by atoms with van der Waals surface area (Å²) in [6, 6.07) is 9.83. The van der Waals surface area contributed by atoms with Gasteiger partial charge in [-0.2, -0.15) is 0 Å². The lowest BCUT2D eigenvalue weighted by Gasteiger charge is -2.14. The Morgan fingerprint density at radius 2 is 2.16 bits per heavy atom. The Kier molecular flexibility index (Phi) is 6.28. The van der Waals surface area contributed by atoms with Crippen molar-refractivity contribution >= 4 is 17.7 Å². The van der Waals surface area contributed by atoms with E-state index in [1.165, 1.54) is 43.0 Å². The molecule has 132 valence electrons. The van der Waals surface area contributed by atoms with Gasteiger partial charge in [-0.3, -0.25) is 4.79 Å². The van der Waals surface area contributed by atoms with Gasteiger partial charge in [-0.25, -0.2) is 9.67 Å². The molecule has 1 aliphatic rings. The minimum absolute atomic E-state index is 0.0393. The van der Waals surface area contributed by atoms with Crippen molar-refractivity contribution in [3.63, 3.8) is 0 Å². The third kappa shape index (κ3) is 5.19. The number of nitrogens with one attached hydrogen (secondary N) is 1. The zero-order valence-corrected chi connectivity index (χ0v) is 15.3. The number of rotatable bonds is 7. The summed E-state index contributed by atoms with van der Waals surface area (Å²) >= 11 is 1.38. The molecule has 0 fully saturated rings. The second-order valence-electron chi connectivity index (χ2n) is 6.22. The van der Waals surface area contributed by atoms with Gasteiger partial charge in [-0.1, -0.05) is 41.6 Å². The Morgan fingerprint density at radius 3 is 2.92 bits per heavy atom. The van der Waals surface area contributed by atoms with Gasteiger partial charge >= 0.3 is 0 Å². The molecule has 0 bridgehead atoms. The lowest BCUT2D eigenvalue weighted by atomic mass is 9.97. The van der Waals surface area contributed by atoms with E-state index in [0.29, 0.717) is 11.7 Å². The van der Waals surface area contributed by atoms with Crippen LogP contribution in [0.25, 0.3) is 5.69 Å². The molecule has 0 aliphatic heterocycles. The lowest BCUT2D eigenvalue weighted by Crippen LogP contribution is -2.32. The Balaban J connectivity index is 1.46. The van der Waals surface area contributed by atoms with Crippen molar-refractivity contribution in [2.45, 2.75) is 49.4 Å². The van der Waals surface area contributed by atoms with Gasteiger partial charge in [0.25, 0.3) is 0 Å². The summed E-state index contributed by atoms with van der Waals surface area (Å²) in [6.45, 7) is 2.60. The van der Waals surface area contributed by atoms with Crippen molar-refractivity contribution in [3.8, 4) is 5.69 Å². The molecule has 1 aromatic heterocycles. The highest BCUT2D eigenvalue weighted by Gasteiger charge is 2.17. The highest BCUT2D eigenvalue weighted by molar-refractivity contribution is 8.00. The number of hydrogen-bond donors (Lipinski definition) is 1. The maximum absolute atomic E-state index is 12.3. The van der Waals surface area contributed by atoms with Crippen molar-refractivity contribution in [2.75, 3.05) is 6.54 Å². The van der Waals surface area contributed by atoms with Crippen molar-refractivity contribution in [1.29, 1.82) is 0 Å². The number of benzene rings is 1. The molecule has 1 atom stereocenters. The van der Waals surface area contributed by atoms with Crippen LogP contribution in [0.1, 0.15) is 39.0 Å². The number of amides is 1. The van der Waals surface area contributed by atoms with Gasteiger partial charge < -0.3 is 5.32 Å². The van der Waals surface area contributed by atoms with Crippen LogP contribution in [0.5, 0.6) is 0 Å². The number of thioether (sulfide) groups is 1. The second kappa shape index (κ2) is 8.85. The van der Waals surface area contributed by atoms with Crippen LogP contribution in [0, 0.1) is 0 Å². The smallest absolute Gasteiger partial charge is 0.233 e. The van der Waals surface area contributed by atoms with Crippen LogP contribution in [-0.4, -0.2) is 32.5 Å². The first-order chi connectivity index (χ1) is 12.2. The molecule has 0 spiro atoms. The summed E-state index contributed by atoms with van der Waals surface area (Å²) in [4.78, 5) is 16.5. The average Bonchev–Trinajstić information content (AvgIpc) is 3.12. The van der Waals surface area contributed by atoms with Crippen LogP contribution in [0.15, 0.2) is 53.5 Å². The van der Waals surface area contributed by atoms with Gasteiger partial charge in [0.15, 0.2) is 0 Å². The summed E-state index contributed by atoms with van der Waals surface area (Å²) < 4.78 is 1.72. The Hall–Kier alpha value is -2.08. The number of carbonyl (C=O) groups excluding carboxylic acids is 1. The lowest BCUT2D eigenvalue weighted by molar-refractivity contribution is -0.120. The third-order valence-corrected chi connectivity index (χ3v) is 5.24.